The van der Waals surface area contributed by atoms with Crippen molar-refractivity contribution in [2.45, 2.75) is 19.4 Å². The van der Waals surface area contributed by atoms with Gasteiger partial charge in [-0.2, -0.15) is 0 Å². The van der Waals surface area contributed by atoms with Crippen LogP contribution in [0.4, 0.5) is 0 Å². The van der Waals surface area contributed by atoms with Crippen LogP contribution in [-0.4, -0.2) is 34.0 Å². The van der Waals surface area contributed by atoms with Gasteiger partial charge in [0.2, 0.25) is 0 Å². The lowest BCUT2D eigenvalue weighted by atomic mass is 9.93. The highest BCUT2D eigenvalue weighted by Gasteiger charge is 2.29. The van der Waals surface area contributed by atoms with Crippen LogP contribution in [0.3, 0.4) is 0 Å². The second-order valence-corrected chi connectivity index (χ2v) is 5.41. The third-order valence-corrected chi connectivity index (χ3v) is 4.08. The molecule has 1 aliphatic rings. The number of aromatic nitrogens is 2. The molecule has 0 saturated carbocycles. The van der Waals surface area contributed by atoms with Crippen LogP contribution in [0.25, 0.3) is 0 Å². The van der Waals surface area contributed by atoms with Crippen molar-refractivity contribution in [3.05, 3.63) is 47.5 Å². The minimum Gasteiger partial charge on any atom is -0.497 e. The van der Waals surface area contributed by atoms with Crippen molar-refractivity contribution >= 4 is 5.91 Å². The summed E-state index contributed by atoms with van der Waals surface area (Å²) in [5.74, 6) is 0.810. The maximum absolute atomic E-state index is 12.6. The number of ether oxygens (including phenoxy) is 1. The lowest BCUT2D eigenvalue weighted by Gasteiger charge is -2.35. The van der Waals surface area contributed by atoms with Gasteiger partial charge < -0.3 is 14.2 Å². The maximum atomic E-state index is 12.6. The smallest absolute Gasteiger partial charge is 0.274 e. The molecule has 0 radical (unpaired) electrons. The van der Waals surface area contributed by atoms with Crippen LogP contribution < -0.4 is 4.74 Å². The molecule has 5 heteroatoms. The van der Waals surface area contributed by atoms with Crippen LogP contribution in [0.2, 0.25) is 0 Å². The van der Waals surface area contributed by atoms with Crippen molar-refractivity contribution in [2.75, 3.05) is 13.7 Å². The highest BCUT2D eigenvalue weighted by Crippen LogP contribution is 2.32. The lowest BCUT2D eigenvalue weighted by Crippen LogP contribution is -2.39. The summed E-state index contributed by atoms with van der Waals surface area (Å²) in [5.41, 5.74) is 2.94. The minimum absolute atomic E-state index is 0.0171. The van der Waals surface area contributed by atoms with Crippen LogP contribution in [0.1, 0.15) is 34.6 Å². The highest BCUT2D eigenvalue weighted by atomic mass is 16.5. The normalized spacial score (nSPS) is 17.5. The number of carbonyl (C=O) groups excluding carboxylic acids is 1. The number of imidazole rings is 1. The third-order valence-electron chi connectivity index (χ3n) is 4.08. The van der Waals surface area contributed by atoms with Crippen molar-refractivity contribution in [3.8, 4) is 5.75 Å². The lowest BCUT2D eigenvalue weighted by molar-refractivity contribution is 0.0671. The van der Waals surface area contributed by atoms with Crippen LogP contribution in [-0.2, 0) is 13.5 Å². The summed E-state index contributed by atoms with van der Waals surface area (Å²) in [4.78, 5) is 18.6. The Morgan fingerprint density at radius 3 is 2.90 bits per heavy atom. The number of benzene rings is 1. The summed E-state index contributed by atoms with van der Waals surface area (Å²) in [7, 11) is 3.52. The Hall–Kier alpha value is -2.30. The molecule has 0 aliphatic carbocycles. The molecule has 1 aromatic heterocycles. The Kier molecular flexibility index (Phi) is 3.41. The zero-order valence-corrected chi connectivity index (χ0v) is 12.5. The molecular formula is C16H19N3O2. The quantitative estimate of drug-likeness (QED) is 0.849. The predicted molar refractivity (Wildman–Crippen MR) is 79.4 cm³/mol. The van der Waals surface area contributed by atoms with E-state index in [-0.39, 0.29) is 11.9 Å². The topological polar surface area (TPSA) is 47.4 Å². The van der Waals surface area contributed by atoms with Gasteiger partial charge in [-0.3, -0.25) is 4.79 Å². The van der Waals surface area contributed by atoms with E-state index in [9.17, 15) is 4.79 Å². The number of fused-ring (bicyclic) bond motifs is 1. The number of hydrogen-bond donors (Lipinski definition) is 0. The van der Waals surface area contributed by atoms with Crippen LogP contribution in [0.15, 0.2) is 30.7 Å². The third kappa shape index (κ3) is 2.39. The van der Waals surface area contributed by atoms with Gasteiger partial charge >= 0.3 is 0 Å². The maximum Gasteiger partial charge on any atom is 0.274 e. The fourth-order valence-corrected chi connectivity index (χ4v) is 2.87. The Morgan fingerprint density at radius 2 is 2.24 bits per heavy atom. The van der Waals surface area contributed by atoms with Crippen LogP contribution in [0, 0.1) is 0 Å². The monoisotopic (exact) mass is 285 g/mol. The molecule has 5 nitrogen and oxygen atoms in total. The molecule has 0 saturated heterocycles. The predicted octanol–water partition coefficient (Wildman–Crippen LogP) is 2.19. The Balaban J connectivity index is 1.91. The van der Waals surface area contributed by atoms with Gasteiger partial charge in [-0.25, -0.2) is 4.98 Å². The van der Waals surface area contributed by atoms with E-state index >= 15 is 0 Å². The first-order valence-corrected chi connectivity index (χ1v) is 7.06. The van der Waals surface area contributed by atoms with Crippen LogP contribution in [0.5, 0.6) is 5.75 Å². The van der Waals surface area contributed by atoms with Crippen LogP contribution >= 0.6 is 0 Å². The molecule has 0 N–H and O–H groups in total. The minimum atomic E-state index is -0.0171. The number of nitrogens with zero attached hydrogens (tertiary/aromatic N) is 3. The Labute approximate surface area is 124 Å². The second-order valence-electron chi connectivity index (χ2n) is 5.41. The molecule has 0 spiro atoms. The van der Waals surface area contributed by atoms with Gasteiger partial charge in [0.15, 0.2) is 0 Å². The highest BCUT2D eigenvalue weighted by molar-refractivity contribution is 5.92. The first-order valence-electron chi connectivity index (χ1n) is 7.06. The van der Waals surface area contributed by atoms with Gasteiger partial charge in [-0.05, 0) is 36.6 Å². The molecule has 1 aliphatic heterocycles. The first kappa shape index (κ1) is 13.7. The van der Waals surface area contributed by atoms with E-state index in [0.717, 1.165) is 24.3 Å². The summed E-state index contributed by atoms with van der Waals surface area (Å²) >= 11 is 0. The van der Waals surface area contributed by atoms with E-state index in [4.69, 9.17) is 4.74 Å². The zero-order chi connectivity index (χ0) is 15.0. The molecule has 1 unspecified atom stereocenters. The van der Waals surface area contributed by atoms with Gasteiger partial charge in [0.25, 0.3) is 5.91 Å². The van der Waals surface area contributed by atoms with Crippen molar-refractivity contribution in [2.24, 2.45) is 7.05 Å². The van der Waals surface area contributed by atoms with E-state index in [0.29, 0.717) is 5.69 Å². The van der Waals surface area contributed by atoms with E-state index < -0.39 is 0 Å². The number of carbonyl (C=O) groups is 1. The van der Waals surface area contributed by atoms with E-state index in [2.05, 4.69) is 18.0 Å². The Bertz CT molecular complexity index is 678. The fraction of sp³-hybridized carbons (Fsp3) is 0.375. The molecule has 1 amide bonds. The van der Waals surface area contributed by atoms with E-state index in [1.54, 1.807) is 24.2 Å². The van der Waals surface area contributed by atoms with Gasteiger partial charge in [-0.15, -0.1) is 0 Å². The largest absolute Gasteiger partial charge is 0.497 e. The summed E-state index contributed by atoms with van der Waals surface area (Å²) in [5, 5.41) is 0. The SMILES string of the molecule is COc1ccc2c(c1)C(C)N(C(=O)c1cn(C)cn1)CC2. The molecule has 0 bridgehead atoms. The first-order chi connectivity index (χ1) is 10.1. The number of rotatable bonds is 2. The fourth-order valence-electron chi connectivity index (χ4n) is 2.87. The summed E-state index contributed by atoms with van der Waals surface area (Å²) in [6, 6.07) is 6.12. The molecule has 1 aromatic carbocycles. The summed E-state index contributed by atoms with van der Waals surface area (Å²) < 4.78 is 7.08. The zero-order valence-electron chi connectivity index (χ0n) is 12.5. The van der Waals surface area contributed by atoms with E-state index in [1.165, 1.54) is 5.56 Å². The molecule has 0 fully saturated rings. The molecule has 1 atom stereocenters. The molecular weight excluding hydrogens is 266 g/mol. The molecule has 21 heavy (non-hydrogen) atoms. The average molecular weight is 285 g/mol. The van der Waals surface area contributed by atoms with Crippen molar-refractivity contribution in [3.63, 3.8) is 0 Å². The summed E-state index contributed by atoms with van der Waals surface area (Å²) in [6.07, 6.45) is 4.28. The van der Waals surface area contributed by atoms with Crippen molar-refractivity contribution < 1.29 is 9.53 Å². The standard InChI is InChI=1S/C16H19N3O2/c1-11-14-8-13(21-3)5-4-12(14)6-7-19(11)16(20)15-9-18(2)10-17-15/h4-5,8-11H,6-7H2,1-3H3. The molecule has 2 heterocycles. The number of amides is 1. The van der Waals surface area contributed by atoms with Gasteiger partial charge in [0.1, 0.15) is 11.4 Å². The van der Waals surface area contributed by atoms with Crippen molar-refractivity contribution in [1.29, 1.82) is 0 Å². The summed E-state index contributed by atoms with van der Waals surface area (Å²) in [6.45, 7) is 2.77. The van der Waals surface area contributed by atoms with Gasteiger partial charge in [0, 0.05) is 19.8 Å². The number of aryl methyl sites for hydroxylation is 1. The number of hydrogen-bond acceptors (Lipinski definition) is 3. The molecule has 3 rings (SSSR count). The molecule has 110 valence electrons. The van der Waals surface area contributed by atoms with Crippen molar-refractivity contribution in [1.82, 2.24) is 14.5 Å². The average Bonchev–Trinajstić information content (AvgIpc) is 2.93. The van der Waals surface area contributed by atoms with Gasteiger partial charge in [0.05, 0.1) is 19.5 Å². The second kappa shape index (κ2) is 5.24. The van der Waals surface area contributed by atoms with Gasteiger partial charge in [-0.1, -0.05) is 6.07 Å². The van der Waals surface area contributed by atoms with E-state index in [1.807, 2.05) is 24.1 Å². The number of methoxy groups -OCH3 is 1. The molecule has 2 aromatic rings. The Morgan fingerprint density at radius 1 is 1.43 bits per heavy atom.